The van der Waals surface area contributed by atoms with Gasteiger partial charge >= 0.3 is 0 Å². The smallest absolute Gasteiger partial charge is 0.0454 e. The molecule has 2 aromatic rings. The molecule has 0 amide bonds. The summed E-state index contributed by atoms with van der Waals surface area (Å²) in [6.45, 7) is 0. The second-order valence-corrected chi connectivity index (χ2v) is 5.54. The first kappa shape index (κ1) is 12.7. The lowest BCUT2D eigenvalue weighted by atomic mass is 9.88. The molecule has 0 saturated heterocycles. The monoisotopic (exact) mass is 271 g/mol. The summed E-state index contributed by atoms with van der Waals surface area (Å²) in [6.07, 6.45) is 2.36. The van der Waals surface area contributed by atoms with Crippen molar-refractivity contribution in [3.63, 3.8) is 0 Å². The lowest BCUT2D eigenvalue weighted by Crippen LogP contribution is -2.23. The Morgan fingerprint density at radius 2 is 1.84 bits per heavy atom. The Morgan fingerprint density at radius 1 is 1.11 bits per heavy atom. The Morgan fingerprint density at radius 3 is 2.63 bits per heavy atom. The van der Waals surface area contributed by atoms with Gasteiger partial charge in [-0.2, -0.15) is 0 Å². The van der Waals surface area contributed by atoms with E-state index in [0.717, 1.165) is 5.02 Å². The number of halogens is 1. The molecule has 0 fully saturated rings. The molecule has 2 atom stereocenters. The Kier molecular flexibility index (Phi) is 3.58. The molecule has 0 heterocycles. The van der Waals surface area contributed by atoms with Crippen molar-refractivity contribution >= 4 is 11.6 Å². The van der Waals surface area contributed by atoms with Crippen LogP contribution in [0, 0.1) is 0 Å². The van der Waals surface area contributed by atoms with E-state index in [1.165, 1.54) is 29.5 Å². The van der Waals surface area contributed by atoms with Crippen molar-refractivity contribution in [3.05, 3.63) is 70.2 Å². The second kappa shape index (κ2) is 5.36. The molecule has 1 aliphatic carbocycles. The Balaban J connectivity index is 1.99. The summed E-state index contributed by atoms with van der Waals surface area (Å²) in [4.78, 5) is 0. The minimum absolute atomic E-state index is 0.289. The van der Waals surface area contributed by atoms with Gasteiger partial charge in [-0.05, 0) is 42.6 Å². The molecule has 3 rings (SSSR count). The molecule has 19 heavy (non-hydrogen) atoms. The van der Waals surface area contributed by atoms with E-state index in [-0.39, 0.29) is 6.04 Å². The van der Waals surface area contributed by atoms with Crippen LogP contribution < -0.4 is 5.32 Å². The Hall–Kier alpha value is -1.31. The minimum Gasteiger partial charge on any atom is -0.312 e. The van der Waals surface area contributed by atoms with Crippen molar-refractivity contribution in [2.75, 3.05) is 7.05 Å². The fourth-order valence-corrected chi connectivity index (χ4v) is 3.49. The van der Waals surface area contributed by atoms with Gasteiger partial charge in [0.15, 0.2) is 0 Å². The van der Waals surface area contributed by atoms with Gasteiger partial charge in [0.05, 0.1) is 0 Å². The predicted octanol–water partition coefficient (Wildman–Crippen LogP) is 4.33. The van der Waals surface area contributed by atoms with Gasteiger partial charge in [0.1, 0.15) is 0 Å². The molecule has 1 aliphatic rings. The molecule has 0 saturated carbocycles. The number of hydrogen-bond acceptors (Lipinski definition) is 1. The van der Waals surface area contributed by atoms with Crippen molar-refractivity contribution in [2.45, 2.75) is 24.8 Å². The van der Waals surface area contributed by atoms with E-state index in [2.05, 4.69) is 41.7 Å². The van der Waals surface area contributed by atoms with Crippen LogP contribution in [0.5, 0.6) is 0 Å². The van der Waals surface area contributed by atoms with Gasteiger partial charge in [-0.1, -0.05) is 54.1 Å². The summed E-state index contributed by atoms with van der Waals surface area (Å²) in [6, 6.07) is 17.2. The van der Waals surface area contributed by atoms with Crippen molar-refractivity contribution in [1.82, 2.24) is 5.32 Å². The number of likely N-dealkylation sites (N-methyl/N-ethyl adjacent to an activating group) is 1. The van der Waals surface area contributed by atoms with Crippen molar-refractivity contribution in [1.29, 1.82) is 0 Å². The van der Waals surface area contributed by atoms with Gasteiger partial charge in [0, 0.05) is 17.0 Å². The van der Waals surface area contributed by atoms with Crippen molar-refractivity contribution in [3.8, 4) is 0 Å². The normalized spacial score (nSPS) is 19.2. The first-order chi connectivity index (χ1) is 9.31. The van der Waals surface area contributed by atoms with E-state index in [1.807, 2.05) is 19.2 Å². The maximum absolute atomic E-state index is 6.36. The zero-order valence-corrected chi connectivity index (χ0v) is 11.8. The fraction of sp³-hybridized carbons (Fsp3) is 0.294. The highest BCUT2D eigenvalue weighted by Crippen LogP contribution is 2.42. The molecular formula is C17H18ClN. The summed E-state index contributed by atoms with van der Waals surface area (Å²) < 4.78 is 0. The predicted molar refractivity (Wildman–Crippen MR) is 80.8 cm³/mol. The number of nitrogens with one attached hydrogen (secondary N) is 1. The molecular weight excluding hydrogens is 254 g/mol. The molecule has 1 nitrogen and oxygen atoms in total. The molecule has 2 aromatic carbocycles. The summed E-state index contributed by atoms with van der Waals surface area (Å²) >= 11 is 6.36. The lowest BCUT2D eigenvalue weighted by Gasteiger charge is -2.25. The van der Waals surface area contributed by atoms with E-state index in [0.29, 0.717) is 5.92 Å². The van der Waals surface area contributed by atoms with Gasteiger partial charge < -0.3 is 5.32 Å². The minimum atomic E-state index is 0.289. The molecule has 0 aromatic heterocycles. The van der Waals surface area contributed by atoms with Crippen LogP contribution in [0.4, 0.5) is 0 Å². The summed E-state index contributed by atoms with van der Waals surface area (Å²) in [5.74, 6) is 0.515. The number of rotatable bonds is 3. The molecule has 98 valence electrons. The van der Waals surface area contributed by atoms with Crippen LogP contribution in [0.1, 0.15) is 35.1 Å². The quantitative estimate of drug-likeness (QED) is 0.876. The molecule has 0 radical (unpaired) electrons. The van der Waals surface area contributed by atoms with Crippen molar-refractivity contribution in [2.24, 2.45) is 0 Å². The highest BCUT2D eigenvalue weighted by atomic mass is 35.5. The second-order valence-electron chi connectivity index (χ2n) is 5.13. The molecule has 1 N–H and O–H groups in total. The third-order valence-electron chi connectivity index (χ3n) is 4.13. The van der Waals surface area contributed by atoms with E-state index < -0.39 is 0 Å². The third kappa shape index (κ3) is 2.29. The third-order valence-corrected chi connectivity index (χ3v) is 4.48. The van der Waals surface area contributed by atoms with E-state index >= 15 is 0 Å². The number of aryl methyl sites for hydroxylation is 1. The van der Waals surface area contributed by atoms with Crippen LogP contribution in [0.2, 0.25) is 5.02 Å². The molecule has 2 heteroatoms. The van der Waals surface area contributed by atoms with Crippen LogP contribution in [-0.4, -0.2) is 7.05 Å². The van der Waals surface area contributed by atoms with Gasteiger partial charge in [0.2, 0.25) is 0 Å². The largest absolute Gasteiger partial charge is 0.312 e. The first-order valence-corrected chi connectivity index (χ1v) is 7.18. The van der Waals surface area contributed by atoms with Gasteiger partial charge in [0.25, 0.3) is 0 Å². The van der Waals surface area contributed by atoms with Gasteiger partial charge in [-0.25, -0.2) is 0 Å². The summed E-state index contributed by atoms with van der Waals surface area (Å²) in [7, 11) is 2.02. The molecule has 0 spiro atoms. The number of hydrogen-bond donors (Lipinski definition) is 1. The zero-order valence-electron chi connectivity index (χ0n) is 11.1. The average Bonchev–Trinajstić information content (AvgIpc) is 2.86. The first-order valence-electron chi connectivity index (χ1n) is 6.80. The van der Waals surface area contributed by atoms with E-state index in [1.54, 1.807) is 0 Å². The molecule has 0 aliphatic heterocycles. The van der Waals surface area contributed by atoms with Crippen LogP contribution in [0.25, 0.3) is 0 Å². The SMILES string of the molecule is CNC(c1ccccc1Cl)C1CCc2ccccc21. The summed E-state index contributed by atoms with van der Waals surface area (Å²) in [5.41, 5.74) is 4.16. The van der Waals surface area contributed by atoms with E-state index in [9.17, 15) is 0 Å². The lowest BCUT2D eigenvalue weighted by molar-refractivity contribution is 0.477. The highest BCUT2D eigenvalue weighted by Gasteiger charge is 2.30. The van der Waals surface area contributed by atoms with Crippen molar-refractivity contribution < 1.29 is 0 Å². The zero-order chi connectivity index (χ0) is 13.2. The topological polar surface area (TPSA) is 12.0 Å². The molecule has 2 unspecified atom stereocenters. The van der Waals surface area contributed by atoms with Gasteiger partial charge in [-0.15, -0.1) is 0 Å². The van der Waals surface area contributed by atoms with E-state index in [4.69, 9.17) is 11.6 Å². The van der Waals surface area contributed by atoms with Gasteiger partial charge in [-0.3, -0.25) is 0 Å². The fourth-order valence-electron chi connectivity index (χ4n) is 3.24. The van der Waals surface area contributed by atoms with Crippen LogP contribution in [-0.2, 0) is 6.42 Å². The highest BCUT2D eigenvalue weighted by molar-refractivity contribution is 6.31. The Bertz CT molecular complexity index is 579. The Labute approximate surface area is 119 Å². The van der Waals surface area contributed by atoms with Crippen LogP contribution in [0.15, 0.2) is 48.5 Å². The average molecular weight is 272 g/mol. The summed E-state index contributed by atoms with van der Waals surface area (Å²) in [5, 5.41) is 4.31. The van der Waals surface area contributed by atoms with Crippen LogP contribution in [0.3, 0.4) is 0 Å². The maximum atomic E-state index is 6.36. The van der Waals surface area contributed by atoms with Crippen LogP contribution >= 0.6 is 11.6 Å². The number of fused-ring (bicyclic) bond motifs is 1. The number of benzene rings is 2. The maximum Gasteiger partial charge on any atom is 0.0454 e. The molecule has 0 bridgehead atoms. The standard InChI is InChI=1S/C17H18ClN/c1-19-17(15-8-4-5-9-16(15)18)14-11-10-12-6-2-3-7-13(12)14/h2-9,14,17,19H,10-11H2,1H3.